The number of carbonyl (C=O) groups is 2. The van der Waals surface area contributed by atoms with Gasteiger partial charge in [-0.25, -0.2) is 0 Å². The van der Waals surface area contributed by atoms with E-state index in [-0.39, 0.29) is 17.1 Å². The van der Waals surface area contributed by atoms with Crippen molar-refractivity contribution >= 4 is 29.0 Å². The number of hydrogen-bond donors (Lipinski definition) is 0. The minimum absolute atomic E-state index is 0.230. The van der Waals surface area contributed by atoms with Gasteiger partial charge >= 0.3 is 0 Å². The number of carbonyl (C=O) groups excluding carboxylic acids is 2. The first kappa shape index (κ1) is 13.3. The highest BCUT2D eigenvalue weighted by Crippen LogP contribution is 2.34. The van der Waals surface area contributed by atoms with Crippen LogP contribution >= 0.6 is 11.6 Å². The van der Waals surface area contributed by atoms with Gasteiger partial charge in [-0.1, -0.05) is 29.8 Å². The highest BCUT2D eigenvalue weighted by molar-refractivity contribution is 6.55. The van der Waals surface area contributed by atoms with Crippen molar-refractivity contribution in [3.63, 3.8) is 0 Å². The van der Waals surface area contributed by atoms with Gasteiger partial charge in [-0.05, 0) is 29.8 Å². The third-order valence-corrected chi connectivity index (χ3v) is 3.66. The molecule has 0 aliphatic carbocycles. The molecular weight excluding hydrogens is 288 g/mol. The summed E-state index contributed by atoms with van der Waals surface area (Å²) in [7, 11) is 0. The van der Waals surface area contributed by atoms with Crippen molar-refractivity contribution in [2.75, 3.05) is 4.90 Å². The Labute approximate surface area is 126 Å². The molecule has 0 fully saturated rings. The van der Waals surface area contributed by atoms with Gasteiger partial charge in [0, 0.05) is 0 Å². The van der Waals surface area contributed by atoms with Crippen molar-refractivity contribution in [2.45, 2.75) is 6.54 Å². The van der Waals surface area contributed by atoms with Crippen molar-refractivity contribution in [1.29, 1.82) is 5.26 Å². The van der Waals surface area contributed by atoms with Gasteiger partial charge in [0.1, 0.15) is 0 Å². The number of hydrogen-bond acceptors (Lipinski definition) is 3. The molecule has 0 saturated carbocycles. The van der Waals surface area contributed by atoms with Gasteiger partial charge in [0.2, 0.25) is 0 Å². The normalized spacial score (nSPS) is 13.2. The molecule has 21 heavy (non-hydrogen) atoms. The first-order valence-corrected chi connectivity index (χ1v) is 6.63. The minimum Gasteiger partial charge on any atom is -0.300 e. The number of anilines is 1. The standard InChI is InChI=1S/C16H9ClN2O2/c17-12-5-2-6-13-14(12)15(20)16(21)19(13)9-11-4-1-3-10(7-11)8-18/h1-7H,9H2. The van der Waals surface area contributed by atoms with Crippen molar-refractivity contribution in [1.82, 2.24) is 0 Å². The van der Waals surface area contributed by atoms with E-state index in [0.717, 1.165) is 5.56 Å². The summed E-state index contributed by atoms with van der Waals surface area (Å²) < 4.78 is 0. The van der Waals surface area contributed by atoms with Crippen LogP contribution in [0.25, 0.3) is 0 Å². The number of rotatable bonds is 2. The van der Waals surface area contributed by atoms with E-state index in [1.807, 2.05) is 6.07 Å². The van der Waals surface area contributed by atoms with Crippen molar-refractivity contribution in [2.24, 2.45) is 0 Å². The highest BCUT2D eigenvalue weighted by Gasteiger charge is 2.37. The van der Waals surface area contributed by atoms with E-state index < -0.39 is 11.7 Å². The minimum atomic E-state index is -0.597. The summed E-state index contributed by atoms with van der Waals surface area (Å²) in [5, 5.41) is 9.19. The molecular formula is C16H9ClN2O2. The SMILES string of the molecule is N#Cc1cccc(CN2C(=O)C(=O)c3c(Cl)cccc32)c1. The molecule has 3 rings (SSSR count). The molecule has 0 aromatic heterocycles. The molecule has 0 saturated heterocycles. The molecule has 4 nitrogen and oxygen atoms in total. The predicted octanol–water partition coefficient (Wildman–Crippen LogP) is 2.94. The van der Waals surface area contributed by atoms with E-state index in [1.54, 1.807) is 42.5 Å². The molecule has 0 radical (unpaired) electrons. The van der Waals surface area contributed by atoms with Gasteiger partial charge in [0.25, 0.3) is 11.7 Å². The van der Waals surface area contributed by atoms with Gasteiger partial charge in [0.15, 0.2) is 0 Å². The van der Waals surface area contributed by atoms with Gasteiger partial charge in [-0.15, -0.1) is 0 Å². The molecule has 0 N–H and O–H groups in total. The maximum Gasteiger partial charge on any atom is 0.299 e. The lowest BCUT2D eigenvalue weighted by atomic mass is 10.1. The number of amides is 1. The van der Waals surface area contributed by atoms with Crippen LogP contribution in [0.4, 0.5) is 5.69 Å². The van der Waals surface area contributed by atoms with Crippen LogP contribution in [0.5, 0.6) is 0 Å². The molecule has 2 aromatic rings. The number of nitriles is 1. The maximum absolute atomic E-state index is 12.1. The lowest BCUT2D eigenvalue weighted by Gasteiger charge is -2.16. The van der Waals surface area contributed by atoms with Crippen molar-refractivity contribution in [3.8, 4) is 6.07 Å². The summed E-state index contributed by atoms with van der Waals surface area (Å²) in [5.41, 5.74) is 2.06. The number of ketones is 1. The van der Waals surface area contributed by atoms with Gasteiger partial charge in [0.05, 0.1) is 34.5 Å². The summed E-state index contributed by atoms with van der Waals surface area (Å²) in [6.45, 7) is 0.230. The fourth-order valence-corrected chi connectivity index (χ4v) is 2.64. The van der Waals surface area contributed by atoms with E-state index in [0.29, 0.717) is 11.3 Å². The Balaban J connectivity index is 2.01. The van der Waals surface area contributed by atoms with Crippen LogP contribution in [0.2, 0.25) is 5.02 Å². The second-order valence-corrected chi connectivity index (χ2v) is 5.07. The number of nitrogens with zero attached hydrogens (tertiary/aromatic N) is 2. The summed E-state index contributed by atoms with van der Waals surface area (Å²) in [5.74, 6) is -1.19. The topological polar surface area (TPSA) is 61.2 Å². The summed E-state index contributed by atoms with van der Waals surface area (Å²) in [4.78, 5) is 25.5. The summed E-state index contributed by atoms with van der Waals surface area (Å²) in [6, 6.07) is 14.0. The molecule has 5 heteroatoms. The number of Topliss-reactive ketones (excluding diaryl/α,β-unsaturated/α-hetero) is 1. The predicted molar refractivity (Wildman–Crippen MR) is 78.1 cm³/mol. The monoisotopic (exact) mass is 296 g/mol. The fourth-order valence-electron chi connectivity index (χ4n) is 2.38. The Hall–Kier alpha value is -2.64. The lowest BCUT2D eigenvalue weighted by Crippen LogP contribution is -2.29. The first-order chi connectivity index (χ1) is 10.1. The zero-order valence-corrected chi connectivity index (χ0v) is 11.6. The van der Waals surface area contributed by atoms with E-state index in [9.17, 15) is 9.59 Å². The second-order valence-electron chi connectivity index (χ2n) is 4.67. The number of halogens is 1. The molecule has 1 aliphatic rings. The van der Waals surface area contributed by atoms with Crippen LogP contribution in [0.3, 0.4) is 0 Å². The van der Waals surface area contributed by atoms with Gasteiger partial charge in [-0.3, -0.25) is 9.59 Å². The van der Waals surface area contributed by atoms with E-state index >= 15 is 0 Å². The Bertz CT molecular complexity index is 808. The Morgan fingerprint density at radius 1 is 1.14 bits per heavy atom. The Kier molecular flexibility index (Phi) is 3.20. The summed E-state index contributed by atoms with van der Waals surface area (Å²) >= 11 is 6.00. The average molecular weight is 297 g/mol. The summed E-state index contributed by atoms with van der Waals surface area (Å²) in [6.07, 6.45) is 0. The third kappa shape index (κ3) is 2.18. The molecule has 102 valence electrons. The average Bonchev–Trinajstić information content (AvgIpc) is 2.74. The third-order valence-electron chi connectivity index (χ3n) is 3.35. The van der Waals surface area contributed by atoms with E-state index in [1.165, 1.54) is 4.90 Å². The molecule has 0 spiro atoms. The Morgan fingerprint density at radius 2 is 1.90 bits per heavy atom. The molecule has 1 heterocycles. The molecule has 2 aromatic carbocycles. The lowest BCUT2D eigenvalue weighted by molar-refractivity contribution is -0.114. The van der Waals surface area contributed by atoms with Crippen LogP contribution in [0.15, 0.2) is 42.5 Å². The molecule has 0 atom stereocenters. The fraction of sp³-hybridized carbons (Fsp3) is 0.0625. The molecule has 0 unspecified atom stereocenters. The Morgan fingerprint density at radius 3 is 2.67 bits per heavy atom. The highest BCUT2D eigenvalue weighted by atomic mass is 35.5. The van der Waals surface area contributed by atoms with Crippen LogP contribution in [-0.4, -0.2) is 11.7 Å². The second kappa shape index (κ2) is 5.04. The number of fused-ring (bicyclic) bond motifs is 1. The van der Waals surface area contributed by atoms with Crippen LogP contribution < -0.4 is 4.90 Å². The maximum atomic E-state index is 12.1. The molecule has 0 bridgehead atoms. The van der Waals surface area contributed by atoms with Crippen molar-refractivity contribution < 1.29 is 9.59 Å². The smallest absolute Gasteiger partial charge is 0.299 e. The van der Waals surface area contributed by atoms with Crippen LogP contribution in [-0.2, 0) is 11.3 Å². The number of benzene rings is 2. The largest absolute Gasteiger partial charge is 0.300 e. The van der Waals surface area contributed by atoms with Gasteiger partial charge < -0.3 is 4.90 Å². The van der Waals surface area contributed by atoms with Crippen molar-refractivity contribution in [3.05, 3.63) is 64.2 Å². The first-order valence-electron chi connectivity index (χ1n) is 6.25. The molecule has 1 aliphatic heterocycles. The van der Waals surface area contributed by atoms with Gasteiger partial charge in [-0.2, -0.15) is 5.26 Å². The van der Waals surface area contributed by atoms with E-state index in [4.69, 9.17) is 16.9 Å². The van der Waals surface area contributed by atoms with Crippen LogP contribution in [0.1, 0.15) is 21.5 Å². The zero-order chi connectivity index (χ0) is 15.0. The zero-order valence-electron chi connectivity index (χ0n) is 10.8. The quantitative estimate of drug-likeness (QED) is 0.801. The van der Waals surface area contributed by atoms with Crippen LogP contribution in [0, 0.1) is 11.3 Å². The van der Waals surface area contributed by atoms with E-state index in [2.05, 4.69) is 0 Å². The molecule has 1 amide bonds.